The predicted octanol–water partition coefficient (Wildman–Crippen LogP) is 3.15. The van der Waals surface area contributed by atoms with Gasteiger partial charge in [-0.25, -0.2) is 4.98 Å². The van der Waals surface area contributed by atoms with E-state index in [2.05, 4.69) is 22.0 Å². The number of carbonyl (C=O) groups excluding carboxylic acids is 1. The number of thiazole rings is 1. The Morgan fingerprint density at radius 1 is 1.33 bits per heavy atom. The van der Waals surface area contributed by atoms with Gasteiger partial charge in [0.2, 0.25) is 0 Å². The second-order valence-electron chi connectivity index (χ2n) is 4.12. The summed E-state index contributed by atoms with van der Waals surface area (Å²) in [7, 11) is 2.00. The zero-order valence-corrected chi connectivity index (χ0v) is 11.4. The molecule has 0 spiro atoms. The van der Waals surface area contributed by atoms with Crippen LogP contribution in [0.4, 0.5) is 5.13 Å². The number of aromatic nitrogens is 1. The molecule has 4 heteroatoms. The van der Waals surface area contributed by atoms with E-state index in [9.17, 15) is 4.79 Å². The van der Waals surface area contributed by atoms with Crippen molar-refractivity contribution in [1.29, 1.82) is 0 Å². The Balaban J connectivity index is 2.16. The van der Waals surface area contributed by atoms with Crippen LogP contribution in [0.15, 0.2) is 30.3 Å². The lowest BCUT2D eigenvalue weighted by Gasteiger charge is -2.15. The number of aryl methyl sites for hydroxylation is 1. The molecular weight excluding hydrogens is 244 g/mol. The monoisotopic (exact) mass is 260 g/mol. The molecule has 18 heavy (non-hydrogen) atoms. The van der Waals surface area contributed by atoms with E-state index < -0.39 is 0 Å². The van der Waals surface area contributed by atoms with Crippen molar-refractivity contribution in [3.8, 4) is 0 Å². The molecule has 2 rings (SSSR count). The Morgan fingerprint density at radius 3 is 2.61 bits per heavy atom. The summed E-state index contributed by atoms with van der Waals surface area (Å²) in [6.45, 7) is 2.82. The number of rotatable bonds is 5. The van der Waals surface area contributed by atoms with Gasteiger partial charge in [0.05, 0.1) is 10.6 Å². The first-order valence-electron chi connectivity index (χ1n) is 5.94. The van der Waals surface area contributed by atoms with Crippen molar-refractivity contribution in [3.63, 3.8) is 0 Å². The van der Waals surface area contributed by atoms with Gasteiger partial charge in [-0.1, -0.05) is 48.6 Å². The van der Waals surface area contributed by atoms with Gasteiger partial charge in [0.1, 0.15) is 0 Å². The molecule has 94 valence electrons. The van der Waals surface area contributed by atoms with Crippen LogP contribution in [0.3, 0.4) is 0 Å². The molecule has 0 bridgehead atoms. The van der Waals surface area contributed by atoms with Crippen LogP contribution in [0.2, 0.25) is 0 Å². The quantitative estimate of drug-likeness (QED) is 0.774. The summed E-state index contributed by atoms with van der Waals surface area (Å²) in [5, 5.41) is 0.901. The van der Waals surface area contributed by atoms with Gasteiger partial charge in [-0.05, 0) is 12.0 Å². The van der Waals surface area contributed by atoms with Crippen LogP contribution in [0.1, 0.15) is 27.9 Å². The average molecular weight is 260 g/mol. The van der Waals surface area contributed by atoms with E-state index in [4.69, 9.17) is 0 Å². The third-order valence-electron chi connectivity index (χ3n) is 2.75. The third kappa shape index (κ3) is 2.76. The van der Waals surface area contributed by atoms with Gasteiger partial charge in [-0.15, -0.1) is 0 Å². The summed E-state index contributed by atoms with van der Waals surface area (Å²) in [4.78, 5) is 18.3. The lowest BCUT2D eigenvalue weighted by Crippen LogP contribution is -2.15. The van der Waals surface area contributed by atoms with Crippen molar-refractivity contribution in [2.75, 3.05) is 11.9 Å². The number of hydrogen-bond donors (Lipinski definition) is 0. The average Bonchev–Trinajstić information content (AvgIpc) is 2.83. The number of carbonyl (C=O) groups is 1. The predicted molar refractivity (Wildman–Crippen MR) is 75.4 cm³/mol. The molecule has 0 saturated carbocycles. The molecule has 0 saturated heterocycles. The van der Waals surface area contributed by atoms with Crippen LogP contribution < -0.4 is 4.90 Å². The number of benzene rings is 1. The maximum absolute atomic E-state index is 10.9. The van der Waals surface area contributed by atoms with Gasteiger partial charge in [0, 0.05) is 13.6 Å². The molecule has 0 aliphatic carbocycles. The van der Waals surface area contributed by atoms with Gasteiger partial charge >= 0.3 is 0 Å². The molecule has 0 aliphatic heterocycles. The highest BCUT2D eigenvalue weighted by Gasteiger charge is 2.12. The van der Waals surface area contributed by atoms with E-state index in [0.717, 1.165) is 35.0 Å². The van der Waals surface area contributed by atoms with E-state index in [-0.39, 0.29) is 0 Å². The van der Waals surface area contributed by atoms with E-state index in [0.29, 0.717) is 0 Å². The van der Waals surface area contributed by atoms with Crippen LogP contribution in [0.5, 0.6) is 0 Å². The van der Waals surface area contributed by atoms with E-state index in [1.807, 2.05) is 32.2 Å². The van der Waals surface area contributed by atoms with Gasteiger partial charge in [-0.3, -0.25) is 4.79 Å². The minimum Gasteiger partial charge on any atom is -0.347 e. The SMILES string of the molecule is CCc1nc(N(C)Cc2ccccc2)sc1C=O. The van der Waals surface area contributed by atoms with Crippen LogP contribution in [-0.2, 0) is 13.0 Å². The molecule has 0 unspecified atom stereocenters. The largest absolute Gasteiger partial charge is 0.347 e. The topological polar surface area (TPSA) is 33.2 Å². The third-order valence-corrected chi connectivity index (χ3v) is 3.88. The lowest BCUT2D eigenvalue weighted by atomic mass is 10.2. The summed E-state index contributed by atoms with van der Waals surface area (Å²) in [6.07, 6.45) is 1.69. The summed E-state index contributed by atoms with van der Waals surface area (Å²) in [6, 6.07) is 10.2. The maximum Gasteiger partial charge on any atom is 0.186 e. The molecule has 1 aromatic carbocycles. The molecule has 1 heterocycles. The van der Waals surface area contributed by atoms with E-state index >= 15 is 0 Å². The molecule has 0 radical (unpaired) electrons. The number of anilines is 1. The summed E-state index contributed by atoms with van der Waals surface area (Å²) >= 11 is 1.46. The number of aldehydes is 1. The lowest BCUT2D eigenvalue weighted by molar-refractivity contribution is 0.112. The Bertz CT molecular complexity index is 522. The Labute approximate surface area is 111 Å². The zero-order chi connectivity index (χ0) is 13.0. The summed E-state index contributed by atoms with van der Waals surface area (Å²) < 4.78 is 0. The Kier molecular flexibility index (Phi) is 4.10. The normalized spacial score (nSPS) is 10.3. The fourth-order valence-corrected chi connectivity index (χ4v) is 2.71. The first kappa shape index (κ1) is 12.8. The fourth-order valence-electron chi connectivity index (χ4n) is 1.78. The fraction of sp³-hybridized carbons (Fsp3) is 0.286. The first-order valence-corrected chi connectivity index (χ1v) is 6.76. The van der Waals surface area contributed by atoms with Crippen LogP contribution >= 0.6 is 11.3 Å². The highest BCUT2D eigenvalue weighted by molar-refractivity contribution is 7.17. The smallest absolute Gasteiger partial charge is 0.186 e. The molecule has 0 fully saturated rings. The molecule has 0 aliphatic rings. The second kappa shape index (κ2) is 5.78. The van der Waals surface area contributed by atoms with Crippen molar-refractivity contribution >= 4 is 22.8 Å². The second-order valence-corrected chi connectivity index (χ2v) is 5.13. The molecule has 0 amide bonds. The minimum absolute atomic E-state index is 0.743. The maximum atomic E-state index is 10.9. The van der Waals surface area contributed by atoms with Gasteiger partial charge in [0.25, 0.3) is 0 Å². The minimum atomic E-state index is 0.743. The molecule has 3 nitrogen and oxygen atoms in total. The Morgan fingerprint density at radius 2 is 2.06 bits per heavy atom. The standard InChI is InChI=1S/C14H16N2OS/c1-3-12-13(10-17)18-14(15-12)16(2)9-11-7-5-4-6-8-11/h4-8,10H,3,9H2,1-2H3. The van der Waals surface area contributed by atoms with Crippen LogP contribution in [-0.4, -0.2) is 18.3 Å². The molecule has 0 N–H and O–H groups in total. The molecule has 0 atom stereocenters. The van der Waals surface area contributed by atoms with E-state index in [1.165, 1.54) is 16.9 Å². The van der Waals surface area contributed by atoms with Crippen LogP contribution in [0, 0.1) is 0 Å². The molecule has 2 aromatic rings. The number of nitrogens with zero attached hydrogens (tertiary/aromatic N) is 2. The van der Waals surface area contributed by atoms with Crippen LogP contribution in [0.25, 0.3) is 0 Å². The van der Waals surface area contributed by atoms with Gasteiger partial charge in [-0.2, -0.15) is 0 Å². The number of hydrogen-bond acceptors (Lipinski definition) is 4. The molecule has 1 aromatic heterocycles. The highest BCUT2D eigenvalue weighted by Crippen LogP contribution is 2.25. The van der Waals surface area contributed by atoms with Gasteiger partial charge < -0.3 is 4.90 Å². The summed E-state index contributed by atoms with van der Waals surface area (Å²) in [5.41, 5.74) is 2.13. The van der Waals surface area contributed by atoms with Crippen molar-refractivity contribution in [3.05, 3.63) is 46.5 Å². The highest BCUT2D eigenvalue weighted by atomic mass is 32.1. The van der Waals surface area contributed by atoms with Crippen molar-refractivity contribution in [2.24, 2.45) is 0 Å². The zero-order valence-electron chi connectivity index (χ0n) is 10.6. The van der Waals surface area contributed by atoms with Crippen molar-refractivity contribution in [2.45, 2.75) is 19.9 Å². The van der Waals surface area contributed by atoms with E-state index in [1.54, 1.807) is 0 Å². The molecular formula is C14H16N2OS. The van der Waals surface area contributed by atoms with Crippen molar-refractivity contribution < 1.29 is 4.79 Å². The Hall–Kier alpha value is -1.68. The van der Waals surface area contributed by atoms with Crippen molar-refractivity contribution in [1.82, 2.24) is 4.98 Å². The first-order chi connectivity index (χ1) is 8.74. The van der Waals surface area contributed by atoms with Gasteiger partial charge in [0.15, 0.2) is 11.4 Å². The summed E-state index contributed by atoms with van der Waals surface area (Å²) in [5.74, 6) is 0.